The smallest absolute Gasteiger partial charge is 0.244 e. The van der Waals surface area contributed by atoms with Crippen LogP contribution in [0.25, 0.3) is 10.9 Å². The number of nitrogens with zero attached hydrogens (tertiary/aromatic N) is 3. The molecule has 1 atom stereocenters. The van der Waals surface area contributed by atoms with Crippen molar-refractivity contribution in [2.24, 2.45) is 0 Å². The first-order valence-corrected chi connectivity index (χ1v) is 11.0. The van der Waals surface area contributed by atoms with Gasteiger partial charge in [-0.15, -0.1) is 0 Å². The number of carbonyl (C=O) groups is 2. The largest absolute Gasteiger partial charge is 0.358 e. The molecule has 0 spiro atoms. The molecule has 0 saturated carbocycles. The number of fused-ring (bicyclic) bond motifs is 3. The number of H-pyrrole nitrogens is 1. The summed E-state index contributed by atoms with van der Waals surface area (Å²) < 4.78 is 0. The van der Waals surface area contributed by atoms with Gasteiger partial charge < -0.3 is 14.8 Å². The molecule has 1 unspecified atom stereocenters. The molecule has 2 aliphatic heterocycles. The number of amides is 2. The highest BCUT2D eigenvalue weighted by Gasteiger charge is 2.34. The van der Waals surface area contributed by atoms with Crippen LogP contribution in [0.4, 0.5) is 5.69 Å². The van der Waals surface area contributed by atoms with Gasteiger partial charge in [-0.1, -0.05) is 36.4 Å². The van der Waals surface area contributed by atoms with Crippen LogP contribution in [0.1, 0.15) is 24.1 Å². The van der Waals surface area contributed by atoms with Crippen LogP contribution >= 0.6 is 0 Å². The number of hydrogen-bond acceptors (Lipinski definition) is 3. The quantitative estimate of drug-likeness (QED) is 0.711. The average molecular weight is 417 g/mol. The fourth-order valence-corrected chi connectivity index (χ4v) is 4.93. The van der Waals surface area contributed by atoms with Crippen LogP contribution < -0.4 is 4.90 Å². The van der Waals surface area contributed by atoms with Gasteiger partial charge >= 0.3 is 0 Å². The lowest BCUT2D eigenvalue weighted by Gasteiger charge is -2.37. The molecule has 2 aromatic carbocycles. The summed E-state index contributed by atoms with van der Waals surface area (Å²) in [5, 5.41) is 1.20. The minimum absolute atomic E-state index is 0.0862. The van der Waals surface area contributed by atoms with Crippen molar-refractivity contribution < 1.29 is 9.59 Å². The number of likely N-dealkylation sites (N-methyl/N-ethyl adjacent to an activating group) is 1. The molecule has 3 heterocycles. The number of benzene rings is 2. The van der Waals surface area contributed by atoms with Crippen LogP contribution in [0.15, 0.2) is 54.6 Å². The highest BCUT2D eigenvalue weighted by atomic mass is 16.2. The summed E-state index contributed by atoms with van der Waals surface area (Å²) in [5.41, 5.74) is 4.52. The van der Waals surface area contributed by atoms with Gasteiger partial charge in [0.25, 0.3) is 0 Å². The van der Waals surface area contributed by atoms with Crippen molar-refractivity contribution in [2.45, 2.75) is 31.8 Å². The molecule has 31 heavy (non-hydrogen) atoms. The van der Waals surface area contributed by atoms with Crippen LogP contribution in [0, 0.1) is 0 Å². The zero-order valence-electron chi connectivity index (χ0n) is 17.9. The van der Waals surface area contributed by atoms with E-state index in [1.807, 2.05) is 64.2 Å². The first kappa shape index (κ1) is 19.8. The average Bonchev–Trinajstić information content (AvgIpc) is 3.17. The maximum absolute atomic E-state index is 13.2. The van der Waals surface area contributed by atoms with E-state index >= 15 is 0 Å². The maximum atomic E-state index is 13.2. The van der Waals surface area contributed by atoms with Gasteiger partial charge in [0.15, 0.2) is 0 Å². The number of rotatable bonds is 4. The van der Waals surface area contributed by atoms with Crippen molar-refractivity contribution in [3.05, 3.63) is 65.9 Å². The van der Waals surface area contributed by atoms with Gasteiger partial charge in [0, 0.05) is 53.9 Å². The number of anilines is 1. The third-order valence-electron chi connectivity index (χ3n) is 6.63. The maximum Gasteiger partial charge on any atom is 0.244 e. The van der Waals surface area contributed by atoms with E-state index in [0.29, 0.717) is 13.1 Å². The Labute approximate surface area is 182 Å². The van der Waals surface area contributed by atoms with Crippen molar-refractivity contribution >= 4 is 28.4 Å². The monoisotopic (exact) mass is 416 g/mol. The molecule has 1 aromatic heterocycles. The van der Waals surface area contributed by atoms with E-state index in [1.165, 1.54) is 16.6 Å². The summed E-state index contributed by atoms with van der Waals surface area (Å²) >= 11 is 0. The lowest BCUT2D eigenvalue weighted by atomic mass is 10.0. The van der Waals surface area contributed by atoms with E-state index in [0.717, 1.165) is 37.0 Å². The first-order valence-electron chi connectivity index (χ1n) is 11.0. The molecular formula is C25H28N4O2. The Kier molecular flexibility index (Phi) is 5.24. The molecule has 3 aromatic rings. The standard InChI is InChI=1S/C25H28N4O2/c1-27(23-12-7-14-29(25(23)31)18-8-3-2-4-9-18)17-24(30)28-15-13-22-20(16-28)19-10-5-6-11-21(19)26-22/h2-6,8-11,23,26H,7,12-17H2,1H3. The molecule has 1 N–H and O–H groups in total. The van der Waals surface area contributed by atoms with Crippen LogP contribution in [0.5, 0.6) is 0 Å². The number of hydrogen-bond donors (Lipinski definition) is 1. The second kappa shape index (κ2) is 8.19. The molecule has 1 saturated heterocycles. The first-order chi connectivity index (χ1) is 15.1. The van der Waals surface area contributed by atoms with E-state index in [-0.39, 0.29) is 24.4 Å². The predicted molar refractivity (Wildman–Crippen MR) is 122 cm³/mol. The van der Waals surface area contributed by atoms with Gasteiger partial charge in [-0.2, -0.15) is 0 Å². The number of aromatic amines is 1. The third kappa shape index (κ3) is 3.72. The van der Waals surface area contributed by atoms with Crippen molar-refractivity contribution in [1.29, 1.82) is 0 Å². The topological polar surface area (TPSA) is 59.7 Å². The summed E-state index contributed by atoms with van der Waals surface area (Å²) in [6.07, 6.45) is 2.56. The summed E-state index contributed by atoms with van der Waals surface area (Å²) in [6, 6.07) is 17.8. The Morgan fingerprint density at radius 2 is 1.87 bits per heavy atom. The summed E-state index contributed by atoms with van der Waals surface area (Å²) in [7, 11) is 1.90. The Morgan fingerprint density at radius 3 is 2.71 bits per heavy atom. The van der Waals surface area contributed by atoms with Crippen LogP contribution in [-0.2, 0) is 22.6 Å². The summed E-state index contributed by atoms with van der Waals surface area (Å²) in [4.78, 5) is 35.5. The normalized spacial score (nSPS) is 19.2. The molecule has 0 bridgehead atoms. The molecule has 6 nitrogen and oxygen atoms in total. The van der Waals surface area contributed by atoms with E-state index in [1.54, 1.807) is 0 Å². The molecule has 2 amide bonds. The van der Waals surface area contributed by atoms with Crippen LogP contribution in [0.3, 0.4) is 0 Å². The Morgan fingerprint density at radius 1 is 1.10 bits per heavy atom. The number of carbonyl (C=O) groups excluding carboxylic acids is 2. The zero-order valence-corrected chi connectivity index (χ0v) is 17.9. The number of para-hydroxylation sites is 2. The van der Waals surface area contributed by atoms with Gasteiger partial charge in [-0.05, 0) is 38.1 Å². The molecule has 2 aliphatic rings. The van der Waals surface area contributed by atoms with Gasteiger partial charge in [0.1, 0.15) is 0 Å². The minimum atomic E-state index is -0.258. The lowest BCUT2D eigenvalue weighted by Crippen LogP contribution is -2.53. The summed E-state index contributed by atoms with van der Waals surface area (Å²) in [5.74, 6) is 0.174. The third-order valence-corrected chi connectivity index (χ3v) is 6.63. The number of piperidine rings is 1. The molecule has 0 aliphatic carbocycles. The molecule has 6 heteroatoms. The Bertz CT molecular complexity index is 1110. The molecule has 1 fully saturated rings. The highest BCUT2D eigenvalue weighted by molar-refractivity contribution is 5.98. The molecular weight excluding hydrogens is 388 g/mol. The van der Waals surface area contributed by atoms with Gasteiger partial charge in [-0.3, -0.25) is 14.5 Å². The Hall–Kier alpha value is -3.12. The molecule has 160 valence electrons. The SMILES string of the molecule is CN(CC(=O)N1CCc2[nH]c3ccccc3c2C1)C1CCCN(c2ccccc2)C1=O. The van der Waals surface area contributed by atoms with Crippen LogP contribution in [0.2, 0.25) is 0 Å². The fraction of sp³-hybridized carbons (Fsp3) is 0.360. The van der Waals surface area contributed by atoms with E-state index in [4.69, 9.17) is 0 Å². The van der Waals surface area contributed by atoms with Crippen molar-refractivity contribution in [3.8, 4) is 0 Å². The second-order valence-corrected chi connectivity index (χ2v) is 8.59. The number of aromatic nitrogens is 1. The van der Waals surface area contributed by atoms with Gasteiger partial charge in [0.2, 0.25) is 11.8 Å². The fourth-order valence-electron chi connectivity index (χ4n) is 4.93. The predicted octanol–water partition coefficient (Wildman–Crippen LogP) is 3.18. The van der Waals surface area contributed by atoms with E-state index < -0.39 is 0 Å². The second-order valence-electron chi connectivity index (χ2n) is 8.59. The van der Waals surface area contributed by atoms with E-state index in [9.17, 15) is 9.59 Å². The molecule has 0 radical (unpaired) electrons. The summed E-state index contributed by atoms with van der Waals surface area (Å²) in [6.45, 7) is 2.33. The zero-order chi connectivity index (χ0) is 21.4. The molecule has 5 rings (SSSR count). The number of nitrogens with one attached hydrogen (secondary N) is 1. The van der Waals surface area contributed by atoms with Crippen molar-refractivity contribution in [3.63, 3.8) is 0 Å². The lowest BCUT2D eigenvalue weighted by molar-refractivity contribution is -0.135. The van der Waals surface area contributed by atoms with Crippen LogP contribution in [-0.4, -0.2) is 59.3 Å². The van der Waals surface area contributed by atoms with Crippen molar-refractivity contribution in [1.82, 2.24) is 14.8 Å². The highest BCUT2D eigenvalue weighted by Crippen LogP contribution is 2.28. The van der Waals surface area contributed by atoms with Gasteiger partial charge in [-0.25, -0.2) is 0 Å². The van der Waals surface area contributed by atoms with E-state index in [2.05, 4.69) is 17.1 Å². The Balaban J connectivity index is 1.27. The van der Waals surface area contributed by atoms with Gasteiger partial charge in [0.05, 0.1) is 12.6 Å². The minimum Gasteiger partial charge on any atom is -0.358 e. The van der Waals surface area contributed by atoms with Crippen molar-refractivity contribution in [2.75, 3.05) is 31.6 Å².